The van der Waals surface area contributed by atoms with Gasteiger partial charge in [-0.3, -0.25) is 9.59 Å². The van der Waals surface area contributed by atoms with E-state index >= 15 is 0 Å². The number of nitrogens with zero attached hydrogens (tertiary/aromatic N) is 1. The van der Waals surface area contributed by atoms with E-state index in [1.54, 1.807) is 6.92 Å². The van der Waals surface area contributed by atoms with Crippen molar-refractivity contribution in [1.29, 1.82) is 0 Å². The van der Waals surface area contributed by atoms with Crippen LogP contribution >= 0.6 is 0 Å². The lowest BCUT2D eigenvalue weighted by Crippen LogP contribution is -2.61. The number of nitrogens with one attached hydrogen (secondary N) is 1. The van der Waals surface area contributed by atoms with Gasteiger partial charge in [-0.15, -0.1) is 0 Å². The zero-order valence-electron chi connectivity index (χ0n) is 18.8. The maximum absolute atomic E-state index is 12.3. The molecule has 1 N–H and O–H groups in total. The second-order valence-corrected chi connectivity index (χ2v) is 11.3. The molecule has 28 heavy (non-hydrogen) atoms. The summed E-state index contributed by atoms with van der Waals surface area (Å²) in [6.07, 6.45) is 8.13. The lowest BCUT2D eigenvalue weighted by Gasteiger charge is -2.62. The highest BCUT2D eigenvalue weighted by molar-refractivity contribution is 5.77. The van der Waals surface area contributed by atoms with Gasteiger partial charge in [0.25, 0.3) is 0 Å². The molecule has 2 amide bonds. The topological polar surface area (TPSA) is 49.4 Å². The third-order valence-corrected chi connectivity index (χ3v) is 9.96. The van der Waals surface area contributed by atoms with Crippen molar-refractivity contribution in [1.82, 2.24) is 10.2 Å². The molecule has 158 valence electrons. The maximum atomic E-state index is 12.3. The van der Waals surface area contributed by atoms with E-state index in [0.29, 0.717) is 29.2 Å². The van der Waals surface area contributed by atoms with Gasteiger partial charge in [0.1, 0.15) is 0 Å². The monoisotopic (exact) mass is 388 g/mol. The van der Waals surface area contributed by atoms with E-state index in [1.165, 1.54) is 32.1 Å². The molecule has 9 atom stereocenters. The summed E-state index contributed by atoms with van der Waals surface area (Å²) >= 11 is 0. The molecule has 0 aromatic rings. The van der Waals surface area contributed by atoms with Crippen LogP contribution in [0.2, 0.25) is 0 Å². The van der Waals surface area contributed by atoms with Crippen LogP contribution in [0.25, 0.3) is 0 Å². The van der Waals surface area contributed by atoms with Crippen LogP contribution in [-0.4, -0.2) is 35.8 Å². The number of carbonyl (C=O) groups is 2. The molecule has 0 bridgehead atoms. The Morgan fingerprint density at radius 1 is 1.14 bits per heavy atom. The molecule has 0 aromatic heterocycles. The van der Waals surface area contributed by atoms with E-state index in [2.05, 4.69) is 37.9 Å². The second-order valence-electron chi connectivity index (χ2n) is 11.3. The summed E-state index contributed by atoms with van der Waals surface area (Å²) in [6.45, 7) is 11.3. The Kier molecular flexibility index (Phi) is 4.87. The zero-order valence-corrected chi connectivity index (χ0v) is 18.8. The standard InChI is InChI=1S/C24H40N2O2/c1-14-13-19-17-7-8-20-23(4,12-10-21(28)26(20)6)18(17)9-11-24(19,5)22(14)15(2)25-16(3)27/h14-15,17-20,22H,7-13H2,1-6H3,(H,25,27)/t14?,15?,17-,18+,19+,20?,22-,23-,24+/m1/s1. The smallest absolute Gasteiger partial charge is 0.222 e. The van der Waals surface area contributed by atoms with Crippen molar-refractivity contribution in [3.63, 3.8) is 0 Å². The summed E-state index contributed by atoms with van der Waals surface area (Å²) < 4.78 is 0. The van der Waals surface area contributed by atoms with Crippen molar-refractivity contribution in [2.75, 3.05) is 7.05 Å². The molecule has 4 aliphatic rings. The first-order chi connectivity index (χ1) is 13.1. The van der Waals surface area contributed by atoms with Crippen molar-refractivity contribution in [2.45, 2.75) is 91.6 Å². The van der Waals surface area contributed by atoms with Gasteiger partial charge in [-0.25, -0.2) is 0 Å². The van der Waals surface area contributed by atoms with Crippen LogP contribution in [0, 0.1) is 40.4 Å². The molecule has 4 fully saturated rings. The molecular formula is C24H40N2O2. The van der Waals surface area contributed by atoms with E-state index in [0.717, 1.165) is 30.6 Å². The molecule has 3 saturated carbocycles. The summed E-state index contributed by atoms with van der Waals surface area (Å²) in [5.41, 5.74) is 0.625. The van der Waals surface area contributed by atoms with E-state index in [-0.39, 0.29) is 17.4 Å². The summed E-state index contributed by atoms with van der Waals surface area (Å²) in [4.78, 5) is 26.1. The quantitative estimate of drug-likeness (QED) is 0.769. The number of amides is 2. The summed E-state index contributed by atoms with van der Waals surface area (Å²) in [5, 5.41) is 3.23. The van der Waals surface area contributed by atoms with Crippen molar-refractivity contribution in [2.24, 2.45) is 40.4 Å². The van der Waals surface area contributed by atoms with Crippen LogP contribution < -0.4 is 5.32 Å². The maximum Gasteiger partial charge on any atom is 0.222 e. The number of hydrogen-bond acceptors (Lipinski definition) is 2. The fourth-order valence-electron chi connectivity index (χ4n) is 9.03. The molecule has 4 nitrogen and oxygen atoms in total. The van der Waals surface area contributed by atoms with Crippen LogP contribution in [-0.2, 0) is 9.59 Å². The van der Waals surface area contributed by atoms with Gasteiger partial charge in [-0.2, -0.15) is 0 Å². The minimum Gasteiger partial charge on any atom is -0.354 e. The molecule has 4 heteroatoms. The van der Waals surface area contributed by atoms with E-state index in [4.69, 9.17) is 0 Å². The molecule has 1 heterocycles. The Labute approximate surface area is 171 Å². The first-order valence-corrected chi connectivity index (χ1v) is 11.6. The van der Waals surface area contributed by atoms with Crippen LogP contribution in [0.5, 0.6) is 0 Å². The predicted octanol–water partition coefficient (Wildman–Crippen LogP) is 4.24. The highest BCUT2D eigenvalue weighted by Gasteiger charge is 2.63. The molecule has 0 radical (unpaired) electrons. The molecular weight excluding hydrogens is 348 g/mol. The number of likely N-dealkylation sites (tertiary alicyclic amines) is 1. The molecule has 3 unspecified atom stereocenters. The fraction of sp³-hybridized carbons (Fsp3) is 0.917. The molecule has 3 aliphatic carbocycles. The average molecular weight is 389 g/mol. The third-order valence-electron chi connectivity index (χ3n) is 9.96. The normalized spacial score (nSPS) is 49.1. The van der Waals surface area contributed by atoms with Crippen LogP contribution in [0.3, 0.4) is 0 Å². The number of rotatable bonds is 2. The number of carbonyl (C=O) groups excluding carboxylic acids is 2. The summed E-state index contributed by atoms with van der Waals surface area (Å²) in [7, 11) is 2.04. The third kappa shape index (κ3) is 2.76. The van der Waals surface area contributed by atoms with Crippen molar-refractivity contribution in [3.8, 4) is 0 Å². The van der Waals surface area contributed by atoms with Crippen LogP contribution in [0.4, 0.5) is 0 Å². The van der Waals surface area contributed by atoms with Crippen molar-refractivity contribution in [3.05, 3.63) is 0 Å². The minimum atomic E-state index is 0.100. The lowest BCUT2D eigenvalue weighted by molar-refractivity contribution is -0.158. The van der Waals surface area contributed by atoms with Crippen molar-refractivity contribution >= 4 is 11.8 Å². The van der Waals surface area contributed by atoms with E-state index in [9.17, 15) is 9.59 Å². The predicted molar refractivity (Wildman–Crippen MR) is 111 cm³/mol. The van der Waals surface area contributed by atoms with Gasteiger partial charge in [0.2, 0.25) is 11.8 Å². The molecule has 0 aromatic carbocycles. The van der Waals surface area contributed by atoms with Gasteiger partial charge in [0.05, 0.1) is 0 Å². The van der Waals surface area contributed by atoms with Crippen LogP contribution in [0.1, 0.15) is 79.6 Å². The number of hydrogen-bond donors (Lipinski definition) is 1. The van der Waals surface area contributed by atoms with Gasteiger partial charge < -0.3 is 10.2 Å². The molecule has 1 aliphatic heterocycles. The Morgan fingerprint density at radius 2 is 1.86 bits per heavy atom. The second kappa shape index (κ2) is 6.74. The van der Waals surface area contributed by atoms with Crippen molar-refractivity contribution < 1.29 is 9.59 Å². The fourth-order valence-corrected chi connectivity index (χ4v) is 9.03. The SMILES string of the molecule is CC(=O)NC(C)[C@H]1C(C)C[C@H]2[C@@H]3CCC4N(C)C(=O)CC[C@]4(C)[C@H]3CC[C@]12C. The Balaban J connectivity index is 1.61. The summed E-state index contributed by atoms with van der Waals surface area (Å²) in [6, 6.07) is 0.691. The number of piperidine rings is 1. The largest absolute Gasteiger partial charge is 0.354 e. The first-order valence-electron chi connectivity index (χ1n) is 11.6. The minimum absolute atomic E-state index is 0.100. The van der Waals surface area contributed by atoms with E-state index in [1.807, 2.05) is 7.05 Å². The van der Waals surface area contributed by atoms with E-state index < -0.39 is 0 Å². The molecule has 0 spiro atoms. The van der Waals surface area contributed by atoms with Gasteiger partial charge in [0.15, 0.2) is 0 Å². The Hall–Kier alpha value is -1.06. The average Bonchev–Trinajstić information content (AvgIpc) is 2.88. The summed E-state index contributed by atoms with van der Waals surface area (Å²) in [5.74, 6) is 3.99. The van der Waals surface area contributed by atoms with Gasteiger partial charge >= 0.3 is 0 Å². The van der Waals surface area contributed by atoms with Gasteiger partial charge in [-0.1, -0.05) is 20.8 Å². The Bertz CT molecular complexity index is 663. The highest BCUT2D eigenvalue weighted by atomic mass is 16.2. The Morgan fingerprint density at radius 3 is 2.54 bits per heavy atom. The lowest BCUT2D eigenvalue weighted by atomic mass is 9.46. The van der Waals surface area contributed by atoms with Gasteiger partial charge in [-0.05, 0) is 85.9 Å². The molecule has 4 rings (SSSR count). The van der Waals surface area contributed by atoms with Gasteiger partial charge in [0, 0.05) is 32.5 Å². The first kappa shape index (κ1) is 20.2. The molecule has 1 saturated heterocycles. The number of fused-ring (bicyclic) bond motifs is 5. The zero-order chi connectivity index (χ0) is 20.4. The van der Waals surface area contributed by atoms with Crippen LogP contribution in [0.15, 0.2) is 0 Å². The highest BCUT2D eigenvalue weighted by Crippen LogP contribution is 2.67.